The van der Waals surface area contributed by atoms with Crippen molar-refractivity contribution in [3.05, 3.63) is 54.6 Å². The number of nitrogens with zero attached hydrogens (tertiary/aromatic N) is 3. The topological polar surface area (TPSA) is 82.2 Å². The van der Waals surface area contributed by atoms with Crippen LogP contribution >= 0.6 is 0 Å². The summed E-state index contributed by atoms with van der Waals surface area (Å²) in [4.78, 5) is 15.7. The Labute approximate surface area is 139 Å². The molecule has 1 aromatic carbocycles. The summed E-state index contributed by atoms with van der Waals surface area (Å²) in [5.74, 6) is 0.705. The lowest BCUT2D eigenvalue weighted by atomic mass is 10.1. The molecule has 0 saturated carbocycles. The second-order valence-corrected chi connectivity index (χ2v) is 5.31. The average molecular weight is 326 g/mol. The van der Waals surface area contributed by atoms with Crippen molar-refractivity contribution in [3.63, 3.8) is 0 Å². The van der Waals surface area contributed by atoms with Crippen molar-refractivity contribution in [2.75, 3.05) is 6.54 Å². The number of ether oxygens (including phenoxy) is 1. The Morgan fingerprint density at radius 3 is 3.04 bits per heavy atom. The van der Waals surface area contributed by atoms with Gasteiger partial charge < -0.3 is 19.1 Å². The third-order valence-corrected chi connectivity index (χ3v) is 3.52. The van der Waals surface area contributed by atoms with E-state index in [2.05, 4.69) is 15.5 Å². The van der Waals surface area contributed by atoms with E-state index in [1.165, 1.54) is 0 Å². The Bertz CT molecular complexity index is 796. The van der Waals surface area contributed by atoms with Crippen molar-refractivity contribution < 1.29 is 14.1 Å². The van der Waals surface area contributed by atoms with Gasteiger partial charge in [-0.15, -0.1) is 0 Å². The van der Waals surface area contributed by atoms with Crippen LogP contribution in [-0.4, -0.2) is 27.3 Å². The minimum Gasteiger partial charge on any atom is -0.388 e. The molecule has 0 radical (unpaired) electrons. The average Bonchev–Trinajstić information content (AvgIpc) is 3.24. The molecule has 3 rings (SSSR count). The van der Waals surface area contributed by atoms with Crippen LogP contribution in [0.4, 0.5) is 4.79 Å². The molecule has 3 aromatic rings. The number of hydrogen-bond acceptors (Lipinski definition) is 5. The molecule has 0 atom stereocenters. The molecule has 7 nitrogen and oxygen atoms in total. The van der Waals surface area contributed by atoms with Crippen molar-refractivity contribution in [1.82, 2.24) is 20.0 Å². The van der Waals surface area contributed by atoms with Gasteiger partial charge in [-0.2, -0.15) is 0 Å². The van der Waals surface area contributed by atoms with E-state index >= 15 is 0 Å². The molecule has 0 saturated heterocycles. The summed E-state index contributed by atoms with van der Waals surface area (Å²) in [7, 11) is 0. The fourth-order valence-corrected chi connectivity index (χ4v) is 2.29. The minimum atomic E-state index is -0.551. The number of rotatable bonds is 6. The molecule has 24 heavy (non-hydrogen) atoms. The third kappa shape index (κ3) is 4.01. The number of benzene rings is 1. The first-order valence-electron chi connectivity index (χ1n) is 7.66. The number of amides is 1. The molecule has 0 bridgehead atoms. The quantitative estimate of drug-likeness (QED) is 0.704. The summed E-state index contributed by atoms with van der Waals surface area (Å²) in [6.07, 6.45) is 5.56. The summed E-state index contributed by atoms with van der Waals surface area (Å²) in [6, 6.07) is 9.37. The first-order chi connectivity index (χ1) is 11.7. The highest BCUT2D eigenvalue weighted by atomic mass is 16.6. The monoisotopic (exact) mass is 326 g/mol. The van der Waals surface area contributed by atoms with Gasteiger partial charge in [0, 0.05) is 31.0 Å². The molecule has 124 valence electrons. The number of carbonyl (C=O) groups excluding carboxylic acids is 1. The van der Waals surface area contributed by atoms with Crippen LogP contribution in [0, 0.1) is 6.92 Å². The van der Waals surface area contributed by atoms with Gasteiger partial charge >= 0.3 is 6.09 Å². The molecule has 0 unspecified atom stereocenters. The van der Waals surface area contributed by atoms with Gasteiger partial charge in [0.25, 0.3) is 5.88 Å². The zero-order valence-electron chi connectivity index (χ0n) is 13.3. The van der Waals surface area contributed by atoms with Crippen LogP contribution in [0.25, 0.3) is 11.3 Å². The molecule has 2 heterocycles. The zero-order chi connectivity index (χ0) is 16.8. The first-order valence-corrected chi connectivity index (χ1v) is 7.66. The molecule has 1 N–H and O–H groups in total. The Kier molecular flexibility index (Phi) is 4.90. The summed E-state index contributed by atoms with van der Waals surface area (Å²) < 4.78 is 12.3. The van der Waals surface area contributed by atoms with Gasteiger partial charge in [-0.05, 0) is 24.1 Å². The summed E-state index contributed by atoms with van der Waals surface area (Å²) >= 11 is 0. The molecular weight excluding hydrogens is 308 g/mol. The summed E-state index contributed by atoms with van der Waals surface area (Å²) in [5.41, 5.74) is 1.98. The van der Waals surface area contributed by atoms with Crippen molar-refractivity contribution >= 4 is 6.09 Å². The molecule has 0 spiro atoms. The first kappa shape index (κ1) is 15.8. The Hall–Kier alpha value is -3.09. The van der Waals surface area contributed by atoms with E-state index in [1.807, 2.05) is 42.0 Å². The minimum absolute atomic E-state index is 0.139. The predicted molar refractivity (Wildman–Crippen MR) is 87.5 cm³/mol. The maximum Gasteiger partial charge on any atom is 0.414 e. The van der Waals surface area contributed by atoms with E-state index in [-0.39, 0.29) is 5.88 Å². The van der Waals surface area contributed by atoms with E-state index in [1.54, 1.807) is 18.6 Å². The Morgan fingerprint density at radius 2 is 2.25 bits per heavy atom. The van der Waals surface area contributed by atoms with Crippen LogP contribution in [0.3, 0.4) is 0 Å². The lowest BCUT2D eigenvalue weighted by Crippen LogP contribution is -2.28. The van der Waals surface area contributed by atoms with E-state index in [9.17, 15) is 4.79 Å². The number of imidazole rings is 1. The van der Waals surface area contributed by atoms with Crippen molar-refractivity contribution in [2.45, 2.75) is 19.9 Å². The van der Waals surface area contributed by atoms with Gasteiger partial charge in [0.05, 0.1) is 12.4 Å². The SMILES string of the molecule is Cc1ccccc1-c1cc(OC(=O)NCCCn2ccnc2)no1. The molecule has 0 fully saturated rings. The van der Waals surface area contributed by atoms with Crippen LogP contribution in [0.15, 0.2) is 53.6 Å². The molecule has 0 aliphatic carbocycles. The van der Waals surface area contributed by atoms with Crippen LogP contribution in [-0.2, 0) is 6.54 Å². The van der Waals surface area contributed by atoms with Crippen LogP contribution in [0.1, 0.15) is 12.0 Å². The number of carbonyl (C=O) groups is 1. The molecule has 7 heteroatoms. The Balaban J connectivity index is 1.47. The maximum atomic E-state index is 11.8. The largest absolute Gasteiger partial charge is 0.414 e. The van der Waals surface area contributed by atoms with Crippen molar-refractivity contribution in [2.24, 2.45) is 0 Å². The van der Waals surface area contributed by atoms with E-state index in [0.29, 0.717) is 12.3 Å². The van der Waals surface area contributed by atoms with E-state index < -0.39 is 6.09 Å². The second kappa shape index (κ2) is 7.45. The van der Waals surface area contributed by atoms with Gasteiger partial charge in [-0.1, -0.05) is 24.3 Å². The molecule has 2 aromatic heterocycles. The molecule has 1 amide bonds. The molecular formula is C17H18N4O3. The second-order valence-electron chi connectivity index (χ2n) is 5.31. The number of aryl methyl sites for hydroxylation is 2. The van der Waals surface area contributed by atoms with Gasteiger partial charge in [-0.25, -0.2) is 9.78 Å². The van der Waals surface area contributed by atoms with Crippen LogP contribution < -0.4 is 10.1 Å². The van der Waals surface area contributed by atoms with Gasteiger partial charge in [-0.3, -0.25) is 0 Å². The number of hydrogen-bond donors (Lipinski definition) is 1. The summed E-state index contributed by atoms with van der Waals surface area (Å²) in [5, 5.41) is 6.45. The van der Waals surface area contributed by atoms with E-state index in [0.717, 1.165) is 24.1 Å². The lowest BCUT2D eigenvalue weighted by Gasteiger charge is -2.04. The van der Waals surface area contributed by atoms with Crippen molar-refractivity contribution in [3.8, 4) is 17.2 Å². The van der Waals surface area contributed by atoms with Crippen LogP contribution in [0.2, 0.25) is 0 Å². The third-order valence-electron chi connectivity index (χ3n) is 3.52. The lowest BCUT2D eigenvalue weighted by molar-refractivity contribution is 0.195. The number of aromatic nitrogens is 3. The predicted octanol–water partition coefficient (Wildman–Crippen LogP) is 3.03. The molecule has 0 aliphatic heterocycles. The molecule has 0 aliphatic rings. The highest BCUT2D eigenvalue weighted by molar-refractivity contribution is 5.70. The number of nitrogens with one attached hydrogen (secondary N) is 1. The normalized spacial score (nSPS) is 10.5. The van der Waals surface area contributed by atoms with Crippen molar-refractivity contribution in [1.29, 1.82) is 0 Å². The van der Waals surface area contributed by atoms with Crippen LogP contribution in [0.5, 0.6) is 5.88 Å². The van der Waals surface area contributed by atoms with Gasteiger partial charge in [0.1, 0.15) is 0 Å². The maximum absolute atomic E-state index is 11.8. The van der Waals surface area contributed by atoms with Gasteiger partial charge in [0.15, 0.2) is 5.76 Å². The summed E-state index contributed by atoms with van der Waals surface area (Å²) in [6.45, 7) is 3.26. The zero-order valence-corrected chi connectivity index (χ0v) is 13.3. The highest BCUT2D eigenvalue weighted by Gasteiger charge is 2.12. The fourth-order valence-electron chi connectivity index (χ4n) is 2.29. The fraction of sp³-hybridized carbons (Fsp3) is 0.235. The highest BCUT2D eigenvalue weighted by Crippen LogP contribution is 2.26. The smallest absolute Gasteiger partial charge is 0.388 e. The standard InChI is InChI=1S/C17H18N4O3/c1-13-5-2-3-6-14(13)15-11-16(20-24-15)23-17(22)19-7-4-9-21-10-8-18-12-21/h2-3,5-6,8,10-12H,4,7,9H2,1H3,(H,19,22). The van der Waals surface area contributed by atoms with Gasteiger partial charge in [0.2, 0.25) is 0 Å². The Morgan fingerprint density at radius 1 is 1.38 bits per heavy atom. The van der Waals surface area contributed by atoms with E-state index in [4.69, 9.17) is 9.26 Å².